The summed E-state index contributed by atoms with van der Waals surface area (Å²) in [7, 11) is 1.62. The molecular weight excluding hydrogens is 457 g/mol. The Balaban J connectivity index is 1.80. The largest absolute Gasteiger partial charge is 0.497 e. The van der Waals surface area contributed by atoms with E-state index >= 15 is 0 Å². The minimum Gasteiger partial charge on any atom is -0.497 e. The molecule has 0 aliphatic rings. The number of hydrogen-bond donors (Lipinski definition) is 0. The summed E-state index contributed by atoms with van der Waals surface area (Å²) in [6.45, 7) is 4.19. The van der Waals surface area contributed by atoms with Crippen molar-refractivity contribution in [2.24, 2.45) is 0 Å². The molecule has 0 aliphatic heterocycles. The summed E-state index contributed by atoms with van der Waals surface area (Å²) < 4.78 is 11.5. The Hall–Kier alpha value is -2.42. The standard InChI is InChI=1S/C20H20IN3O3/c1-13(2)24(20(25)16-6-4-5-7-17(16)21)12-18-22-19(23-27-18)14-8-10-15(26-3)11-9-14/h4-11,13H,12H2,1-3H3. The Bertz CT molecular complexity index is 922. The average Bonchev–Trinajstić information content (AvgIpc) is 3.14. The summed E-state index contributed by atoms with van der Waals surface area (Å²) in [5, 5.41) is 4.04. The molecule has 1 amide bonds. The number of nitrogens with zero attached hydrogens (tertiary/aromatic N) is 3. The Kier molecular flexibility index (Phi) is 6.10. The van der Waals surface area contributed by atoms with Gasteiger partial charge in [0.05, 0.1) is 12.7 Å². The highest BCUT2D eigenvalue weighted by molar-refractivity contribution is 14.1. The molecular formula is C20H20IN3O3. The monoisotopic (exact) mass is 477 g/mol. The maximum absolute atomic E-state index is 13.0. The molecule has 0 bridgehead atoms. The predicted molar refractivity (Wildman–Crippen MR) is 110 cm³/mol. The molecule has 1 heterocycles. The van der Waals surface area contributed by atoms with Crippen LogP contribution in [0.2, 0.25) is 0 Å². The third-order valence-corrected chi connectivity index (χ3v) is 5.05. The van der Waals surface area contributed by atoms with Crippen LogP contribution in [0.5, 0.6) is 5.75 Å². The number of carbonyl (C=O) groups is 1. The molecule has 2 aromatic carbocycles. The zero-order valence-corrected chi connectivity index (χ0v) is 17.5. The van der Waals surface area contributed by atoms with Crippen molar-refractivity contribution in [2.75, 3.05) is 7.11 Å². The molecule has 0 unspecified atom stereocenters. The summed E-state index contributed by atoms with van der Waals surface area (Å²) >= 11 is 2.17. The number of methoxy groups -OCH3 is 1. The second-order valence-electron chi connectivity index (χ2n) is 6.25. The molecule has 0 N–H and O–H groups in total. The Morgan fingerprint density at radius 2 is 1.89 bits per heavy atom. The van der Waals surface area contributed by atoms with Crippen molar-refractivity contribution >= 4 is 28.5 Å². The van der Waals surface area contributed by atoms with Gasteiger partial charge in [-0.05, 0) is 72.8 Å². The van der Waals surface area contributed by atoms with Gasteiger partial charge in [0.25, 0.3) is 5.91 Å². The smallest absolute Gasteiger partial charge is 0.255 e. The van der Waals surface area contributed by atoms with Gasteiger partial charge < -0.3 is 14.2 Å². The molecule has 0 fully saturated rings. The van der Waals surface area contributed by atoms with Gasteiger partial charge in [0.2, 0.25) is 11.7 Å². The molecule has 6 nitrogen and oxygen atoms in total. The molecule has 7 heteroatoms. The first-order chi connectivity index (χ1) is 13.0. The van der Waals surface area contributed by atoms with Crippen LogP contribution in [-0.4, -0.2) is 34.1 Å². The fraction of sp³-hybridized carbons (Fsp3) is 0.250. The highest BCUT2D eigenvalue weighted by atomic mass is 127. The van der Waals surface area contributed by atoms with E-state index in [2.05, 4.69) is 32.7 Å². The van der Waals surface area contributed by atoms with Crippen molar-refractivity contribution < 1.29 is 14.1 Å². The SMILES string of the molecule is COc1ccc(-c2noc(CN(C(=O)c3ccccc3I)C(C)C)n2)cc1. The van der Waals surface area contributed by atoms with Gasteiger partial charge >= 0.3 is 0 Å². The normalized spacial score (nSPS) is 10.9. The van der Waals surface area contributed by atoms with Crippen molar-refractivity contribution in [2.45, 2.75) is 26.4 Å². The maximum atomic E-state index is 13.0. The summed E-state index contributed by atoms with van der Waals surface area (Å²) in [5.41, 5.74) is 1.49. The molecule has 0 saturated heterocycles. The number of aromatic nitrogens is 2. The Labute approximate surface area is 171 Å². The minimum atomic E-state index is -0.0563. The van der Waals surface area contributed by atoms with Gasteiger partial charge in [0.1, 0.15) is 12.3 Å². The summed E-state index contributed by atoms with van der Waals surface area (Å²) in [6.07, 6.45) is 0. The number of ether oxygens (including phenoxy) is 1. The molecule has 140 valence electrons. The van der Waals surface area contributed by atoms with Crippen molar-refractivity contribution in [3.8, 4) is 17.1 Å². The zero-order valence-electron chi connectivity index (χ0n) is 15.3. The van der Waals surface area contributed by atoms with Gasteiger partial charge in [0, 0.05) is 15.2 Å². The Morgan fingerprint density at radius 3 is 2.52 bits per heavy atom. The first-order valence-electron chi connectivity index (χ1n) is 8.52. The van der Waals surface area contributed by atoms with Gasteiger partial charge in [-0.3, -0.25) is 4.79 Å². The fourth-order valence-corrected chi connectivity index (χ4v) is 3.22. The van der Waals surface area contributed by atoms with Crippen LogP contribution < -0.4 is 4.74 Å². The lowest BCUT2D eigenvalue weighted by molar-refractivity contribution is 0.0666. The second-order valence-corrected chi connectivity index (χ2v) is 7.41. The molecule has 1 aromatic heterocycles. The van der Waals surface area contributed by atoms with Crippen molar-refractivity contribution in [3.05, 3.63) is 63.6 Å². The van der Waals surface area contributed by atoms with Crippen LogP contribution in [0.25, 0.3) is 11.4 Å². The van der Waals surface area contributed by atoms with Gasteiger partial charge in [0.15, 0.2) is 0 Å². The molecule has 3 rings (SSSR count). The van der Waals surface area contributed by atoms with E-state index in [1.54, 1.807) is 12.0 Å². The average molecular weight is 477 g/mol. The lowest BCUT2D eigenvalue weighted by Crippen LogP contribution is -2.36. The van der Waals surface area contributed by atoms with Crippen LogP contribution in [-0.2, 0) is 6.54 Å². The van der Waals surface area contributed by atoms with E-state index in [9.17, 15) is 4.79 Å². The number of amides is 1. The van der Waals surface area contributed by atoms with Gasteiger partial charge in [-0.1, -0.05) is 17.3 Å². The summed E-state index contributed by atoms with van der Waals surface area (Å²) in [5.74, 6) is 1.59. The third kappa shape index (κ3) is 4.47. The van der Waals surface area contributed by atoms with E-state index in [0.29, 0.717) is 17.3 Å². The van der Waals surface area contributed by atoms with Crippen molar-refractivity contribution in [1.82, 2.24) is 15.0 Å². The van der Waals surface area contributed by atoms with Crippen LogP contribution in [0.15, 0.2) is 53.1 Å². The van der Waals surface area contributed by atoms with Crippen molar-refractivity contribution in [3.63, 3.8) is 0 Å². The van der Waals surface area contributed by atoms with E-state index in [0.717, 1.165) is 14.9 Å². The van der Waals surface area contributed by atoms with Crippen LogP contribution in [0.3, 0.4) is 0 Å². The number of carbonyl (C=O) groups excluding carboxylic acids is 1. The van der Waals surface area contributed by atoms with Gasteiger partial charge in [-0.15, -0.1) is 0 Å². The Morgan fingerprint density at radius 1 is 1.19 bits per heavy atom. The van der Waals surface area contributed by atoms with Crippen LogP contribution in [0.4, 0.5) is 0 Å². The highest BCUT2D eigenvalue weighted by Crippen LogP contribution is 2.21. The van der Waals surface area contributed by atoms with Crippen molar-refractivity contribution in [1.29, 1.82) is 0 Å². The molecule has 0 saturated carbocycles. The first-order valence-corrected chi connectivity index (χ1v) is 9.60. The maximum Gasteiger partial charge on any atom is 0.255 e. The molecule has 0 spiro atoms. The van der Waals surface area contributed by atoms with Crippen LogP contribution >= 0.6 is 22.6 Å². The molecule has 0 radical (unpaired) electrons. The van der Waals surface area contributed by atoms with E-state index < -0.39 is 0 Å². The van der Waals surface area contributed by atoms with E-state index in [-0.39, 0.29) is 18.5 Å². The second kappa shape index (κ2) is 8.51. The van der Waals surface area contributed by atoms with E-state index in [4.69, 9.17) is 9.26 Å². The highest BCUT2D eigenvalue weighted by Gasteiger charge is 2.23. The molecule has 27 heavy (non-hydrogen) atoms. The lowest BCUT2D eigenvalue weighted by Gasteiger charge is -2.25. The number of rotatable bonds is 6. The van der Waals surface area contributed by atoms with Crippen LogP contribution in [0.1, 0.15) is 30.1 Å². The minimum absolute atomic E-state index is 0.00941. The van der Waals surface area contributed by atoms with E-state index in [1.165, 1.54) is 0 Å². The topological polar surface area (TPSA) is 68.5 Å². The summed E-state index contributed by atoms with van der Waals surface area (Å²) in [6, 6.07) is 14.9. The number of halogens is 1. The number of hydrogen-bond acceptors (Lipinski definition) is 5. The van der Waals surface area contributed by atoms with Crippen LogP contribution in [0, 0.1) is 3.57 Å². The lowest BCUT2D eigenvalue weighted by atomic mass is 10.1. The van der Waals surface area contributed by atoms with Gasteiger partial charge in [-0.2, -0.15) is 4.98 Å². The first kappa shape index (κ1) is 19.3. The zero-order chi connectivity index (χ0) is 19.4. The quantitative estimate of drug-likeness (QED) is 0.493. The molecule has 0 atom stereocenters. The summed E-state index contributed by atoms with van der Waals surface area (Å²) in [4.78, 5) is 19.1. The fourth-order valence-electron chi connectivity index (χ4n) is 2.60. The van der Waals surface area contributed by atoms with E-state index in [1.807, 2.05) is 62.4 Å². The van der Waals surface area contributed by atoms with Gasteiger partial charge in [-0.25, -0.2) is 0 Å². The molecule has 0 aliphatic carbocycles. The third-order valence-electron chi connectivity index (χ3n) is 4.11. The number of benzene rings is 2. The molecule has 3 aromatic rings. The predicted octanol–water partition coefficient (Wildman–Crippen LogP) is 4.40.